The first-order chi connectivity index (χ1) is 11.6. The van der Waals surface area contributed by atoms with E-state index in [9.17, 15) is 4.79 Å². The number of aryl methyl sites for hydroxylation is 1. The number of carbonyl (C=O) groups excluding carboxylic acids is 1. The molecule has 2 heterocycles. The number of nitrogens with one attached hydrogen (secondary N) is 1. The zero-order valence-electron chi connectivity index (χ0n) is 13.7. The van der Waals surface area contributed by atoms with Gasteiger partial charge in [-0.3, -0.25) is 9.88 Å². The van der Waals surface area contributed by atoms with Crippen molar-refractivity contribution in [2.75, 3.05) is 31.5 Å². The van der Waals surface area contributed by atoms with Gasteiger partial charge in [0, 0.05) is 49.1 Å². The number of amides is 2. The predicted molar refractivity (Wildman–Crippen MR) is 99.0 cm³/mol. The van der Waals surface area contributed by atoms with Gasteiger partial charge in [0.2, 0.25) is 0 Å². The summed E-state index contributed by atoms with van der Waals surface area (Å²) in [4.78, 5) is 20.9. The molecular weight excluding hydrogens is 368 g/mol. The Kier molecular flexibility index (Phi) is 5.48. The number of hydrogen-bond acceptors (Lipinski definition) is 3. The Balaban J connectivity index is 1.50. The first-order valence-corrected chi connectivity index (χ1v) is 8.85. The van der Waals surface area contributed by atoms with E-state index in [1.54, 1.807) is 0 Å². The molecule has 1 N–H and O–H groups in total. The third-order valence-electron chi connectivity index (χ3n) is 4.19. The van der Waals surface area contributed by atoms with Crippen molar-refractivity contribution in [1.82, 2.24) is 14.8 Å². The van der Waals surface area contributed by atoms with Gasteiger partial charge in [0.1, 0.15) is 0 Å². The smallest absolute Gasteiger partial charge is 0.321 e. The van der Waals surface area contributed by atoms with Gasteiger partial charge in [-0.2, -0.15) is 0 Å². The van der Waals surface area contributed by atoms with Crippen molar-refractivity contribution in [3.05, 3.63) is 58.3 Å². The molecule has 0 saturated carbocycles. The molecule has 3 rings (SSSR count). The first-order valence-electron chi connectivity index (χ1n) is 8.06. The van der Waals surface area contributed by atoms with Crippen LogP contribution in [0.15, 0.2) is 47.1 Å². The largest absolute Gasteiger partial charge is 0.322 e. The van der Waals surface area contributed by atoms with Crippen molar-refractivity contribution < 1.29 is 4.79 Å². The lowest BCUT2D eigenvalue weighted by molar-refractivity contribution is 0.142. The van der Waals surface area contributed by atoms with Gasteiger partial charge in [0.15, 0.2) is 0 Å². The van der Waals surface area contributed by atoms with Crippen molar-refractivity contribution in [2.24, 2.45) is 0 Å². The van der Waals surface area contributed by atoms with Gasteiger partial charge in [0.25, 0.3) is 0 Å². The lowest BCUT2D eigenvalue weighted by Gasteiger charge is -2.34. The number of rotatable bonds is 3. The summed E-state index contributed by atoms with van der Waals surface area (Å²) in [7, 11) is 0. The summed E-state index contributed by atoms with van der Waals surface area (Å²) in [6.07, 6.45) is 1.82. The predicted octanol–water partition coefficient (Wildman–Crippen LogP) is 3.50. The van der Waals surface area contributed by atoms with Crippen molar-refractivity contribution >= 4 is 27.6 Å². The average Bonchev–Trinajstić information content (AvgIpc) is 2.60. The van der Waals surface area contributed by atoms with Gasteiger partial charge < -0.3 is 10.2 Å². The third kappa shape index (κ3) is 4.33. The monoisotopic (exact) mass is 388 g/mol. The summed E-state index contributed by atoms with van der Waals surface area (Å²) in [5.74, 6) is 0. The van der Waals surface area contributed by atoms with Crippen LogP contribution in [0.2, 0.25) is 0 Å². The molecule has 6 heteroatoms. The zero-order chi connectivity index (χ0) is 16.9. The molecule has 0 spiro atoms. The number of piperazine rings is 1. The first kappa shape index (κ1) is 16.9. The van der Waals surface area contributed by atoms with E-state index in [1.165, 1.54) is 0 Å². The minimum atomic E-state index is -0.0387. The number of nitrogens with zero attached hydrogens (tertiary/aromatic N) is 3. The highest BCUT2D eigenvalue weighted by Gasteiger charge is 2.21. The minimum absolute atomic E-state index is 0.0387. The second-order valence-electron chi connectivity index (χ2n) is 5.98. The van der Waals surface area contributed by atoms with Crippen LogP contribution in [0.5, 0.6) is 0 Å². The van der Waals surface area contributed by atoms with E-state index in [0.29, 0.717) is 0 Å². The Morgan fingerprint density at radius 2 is 2.00 bits per heavy atom. The number of halogens is 1. The van der Waals surface area contributed by atoms with Gasteiger partial charge in [-0.15, -0.1) is 0 Å². The average molecular weight is 389 g/mol. The Morgan fingerprint density at radius 3 is 2.67 bits per heavy atom. The summed E-state index contributed by atoms with van der Waals surface area (Å²) >= 11 is 3.49. The Morgan fingerprint density at radius 1 is 1.21 bits per heavy atom. The molecule has 0 bridgehead atoms. The highest BCUT2D eigenvalue weighted by atomic mass is 79.9. The SMILES string of the molecule is Cc1ccc(NC(=O)N2CCN(Cc3ccccn3)CC2)cc1Br. The molecule has 0 unspecified atom stereocenters. The second kappa shape index (κ2) is 7.77. The molecule has 1 saturated heterocycles. The van der Waals surface area contributed by atoms with Crippen LogP contribution in [0.1, 0.15) is 11.3 Å². The fraction of sp³-hybridized carbons (Fsp3) is 0.333. The normalized spacial score (nSPS) is 15.3. The number of carbonyl (C=O) groups is 1. The summed E-state index contributed by atoms with van der Waals surface area (Å²) in [6.45, 7) is 6.04. The summed E-state index contributed by atoms with van der Waals surface area (Å²) in [5, 5.41) is 2.97. The van der Waals surface area contributed by atoms with Gasteiger partial charge >= 0.3 is 6.03 Å². The Hall–Kier alpha value is -1.92. The molecule has 24 heavy (non-hydrogen) atoms. The van der Waals surface area contributed by atoms with Gasteiger partial charge in [0.05, 0.1) is 5.69 Å². The van der Waals surface area contributed by atoms with Crippen LogP contribution in [0, 0.1) is 6.92 Å². The Bertz CT molecular complexity index is 699. The zero-order valence-corrected chi connectivity index (χ0v) is 15.3. The maximum atomic E-state index is 12.4. The third-order valence-corrected chi connectivity index (χ3v) is 5.05. The number of hydrogen-bond donors (Lipinski definition) is 1. The molecule has 0 aliphatic carbocycles. The topological polar surface area (TPSA) is 48.5 Å². The maximum Gasteiger partial charge on any atom is 0.321 e. The van der Waals surface area contributed by atoms with Crippen LogP contribution in [0.3, 0.4) is 0 Å². The number of aromatic nitrogens is 1. The van der Waals surface area contributed by atoms with E-state index in [0.717, 1.165) is 54.1 Å². The number of pyridine rings is 1. The summed E-state index contributed by atoms with van der Waals surface area (Å²) in [5.41, 5.74) is 3.03. The number of urea groups is 1. The van der Waals surface area contributed by atoms with Crippen molar-refractivity contribution in [2.45, 2.75) is 13.5 Å². The molecule has 1 aromatic heterocycles. The molecule has 1 aliphatic rings. The van der Waals surface area contributed by atoms with E-state index in [2.05, 4.69) is 31.1 Å². The van der Waals surface area contributed by atoms with E-state index in [4.69, 9.17) is 0 Å². The lowest BCUT2D eigenvalue weighted by Crippen LogP contribution is -2.49. The molecule has 5 nitrogen and oxygen atoms in total. The highest BCUT2D eigenvalue weighted by molar-refractivity contribution is 9.10. The quantitative estimate of drug-likeness (QED) is 0.874. The van der Waals surface area contributed by atoms with E-state index in [-0.39, 0.29) is 6.03 Å². The molecule has 0 radical (unpaired) electrons. The Labute approximate surface area is 150 Å². The second-order valence-corrected chi connectivity index (χ2v) is 6.83. The van der Waals surface area contributed by atoms with Gasteiger partial charge in [-0.25, -0.2) is 4.79 Å². The minimum Gasteiger partial charge on any atom is -0.322 e. The van der Waals surface area contributed by atoms with Gasteiger partial charge in [-0.05, 0) is 36.8 Å². The van der Waals surface area contributed by atoms with Crippen LogP contribution in [0.25, 0.3) is 0 Å². The highest BCUT2D eigenvalue weighted by Crippen LogP contribution is 2.21. The fourth-order valence-electron chi connectivity index (χ4n) is 2.70. The van der Waals surface area contributed by atoms with E-state index >= 15 is 0 Å². The lowest BCUT2D eigenvalue weighted by atomic mass is 10.2. The molecular formula is C18H21BrN4O. The summed E-state index contributed by atoms with van der Waals surface area (Å²) in [6, 6.07) is 11.8. The molecule has 1 fully saturated rings. The maximum absolute atomic E-state index is 12.4. The standard InChI is InChI=1S/C18H21BrN4O/c1-14-5-6-15(12-17(14)19)21-18(24)23-10-8-22(9-11-23)13-16-4-2-3-7-20-16/h2-7,12H,8-11,13H2,1H3,(H,21,24). The fourth-order valence-corrected chi connectivity index (χ4v) is 3.08. The van der Waals surface area contributed by atoms with E-state index in [1.807, 2.05) is 54.4 Å². The van der Waals surface area contributed by atoms with Gasteiger partial charge in [-0.1, -0.05) is 28.1 Å². The molecule has 126 valence electrons. The molecule has 1 aromatic carbocycles. The molecule has 2 aromatic rings. The van der Waals surface area contributed by atoms with Crippen LogP contribution >= 0.6 is 15.9 Å². The van der Waals surface area contributed by atoms with Crippen molar-refractivity contribution in [3.63, 3.8) is 0 Å². The number of benzene rings is 1. The van der Waals surface area contributed by atoms with Crippen molar-refractivity contribution in [3.8, 4) is 0 Å². The molecule has 0 atom stereocenters. The van der Waals surface area contributed by atoms with Crippen LogP contribution in [-0.4, -0.2) is 47.0 Å². The molecule has 2 amide bonds. The van der Waals surface area contributed by atoms with Crippen LogP contribution < -0.4 is 5.32 Å². The van der Waals surface area contributed by atoms with Crippen LogP contribution in [0.4, 0.5) is 10.5 Å². The van der Waals surface area contributed by atoms with Crippen LogP contribution in [-0.2, 0) is 6.54 Å². The van der Waals surface area contributed by atoms with Crippen molar-refractivity contribution in [1.29, 1.82) is 0 Å². The number of anilines is 1. The molecule has 1 aliphatic heterocycles. The summed E-state index contributed by atoms with van der Waals surface area (Å²) < 4.78 is 1.00. The van der Waals surface area contributed by atoms with E-state index < -0.39 is 0 Å².